The number of carbonyl (C=O) groups excluding carboxylic acids is 2. The molecule has 6 nitrogen and oxygen atoms in total. The van der Waals surface area contributed by atoms with E-state index in [1.807, 2.05) is 0 Å². The molecule has 0 unspecified atom stereocenters. The van der Waals surface area contributed by atoms with E-state index in [0.717, 1.165) is 18.2 Å². The smallest absolute Gasteiger partial charge is 0.416 e. The normalized spacial score (nSPS) is 14.3. The van der Waals surface area contributed by atoms with E-state index in [4.69, 9.17) is 14.2 Å². The van der Waals surface area contributed by atoms with Crippen LogP contribution in [0.2, 0.25) is 0 Å². The minimum Gasteiger partial charge on any atom is -0.486 e. The Morgan fingerprint density at radius 3 is 2.57 bits per heavy atom. The highest BCUT2D eigenvalue weighted by Gasteiger charge is 2.30. The maximum Gasteiger partial charge on any atom is 0.416 e. The van der Waals surface area contributed by atoms with Crippen LogP contribution in [0.1, 0.15) is 18.1 Å². The van der Waals surface area contributed by atoms with Gasteiger partial charge in [-0.1, -0.05) is 12.1 Å². The second-order valence-electron chi connectivity index (χ2n) is 6.38. The number of benzene rings is 2. The summed E-state index contributed by atoms with van der Waals surface area (Å²) in [7, 11) is 0. The van der Waals surface area contributed by atoms with Gasteiger partial charge in [-0.2, -0.15) is 13.2 Å². The van der Waals surface area contributed by atoms with Crippen LogP contribution in [0.5, 0.6) is 11.5 Å². The lowest BCUT2D eigenvalue weighted by Crippen LogP contribution is -2.29. The van der Waals surface area contributed by atoms with Gasteiger partial charge in [0.05, 0.1) is 5.56 Å². The van der Waals surface area contributed by atoms with Gasteiger partial charge in [0.2, 0.25) is 0 Å². The molecular formula is C21H18F3NO5. The molecule has 0 aliphatic carbocycles. The molecule has 1 N–H and O–H groups in total. The molecule has 0 radical (unpaired) electrons. The van der Waals surface area contributed by atoms with Gasteiger partial charge in [0, 0.05) is 17.8 Å². The summed E-state index contributed by atoms with van der Waals surface area (Å²) in [5.41, 5.74) is -0.216. The van der Waals surface area contributed by atoms with E-state index >= 15 is 0 Å². The van der Waals surface area contributed by atoms with Gasteiger partial charge in [0.1, 0.15) is 13.2 Å². The molecule has 1 amide bonds. The Balaban J connectivity index is 1.56. The molecule has 0 aromatic heterocycles. The molecule has 30 heavy (non-hydrogen) atoms. The molecular weight excluding hydrogens is 403 g/mol. The minimum absolute atomic E-state index is 0.176. The van der Waals surface area contributed by atoms with Crippen molar-refractivity contribution >= 4 is 23.6 Å². The second kappa shape index (κ2) is 8.89. The quantitative estimate of drug-likeness (QED) is 0.582. The van der Waals surface area contributed by atoms with E-state index in [0.29, 0.717) is 30.4 Å². The lowest BCUT2D eigenvalue weighted by molar-refractivity contribution is -0.148. The van der Waals surface area contributed by atoms with Crippen molar-refractivity contribution in [2.24, 2.45) is 0 Å². The summed E-state index contributed by atoms with van der Waals surface area (Å²) in [5, 5.41) is 2.59. The maximum atomic E-state index is 12.7. The first-order valence-electron chi connectivity index (χ1n) is 8.99. The van der Waals surface area contributed by atoms with Gasteiger partial charge in [-0.05, 0) is 42.8 Å². The van der Waals surface area contributed by atoms with E-state index in [2.05, 4.69) is 5.32 Å². The van der Waals surface area contributed by atoms with Crippen LogP contribution in [0.25, 0.3) is 6.08 Å². The maximum absolute atomic E-state index is 12.7. The first-order chi connectivity index (χ1) is 14.2. The monoisotopic (exact) mass is 421 g/mol. The highest BCUT2D eigenvalue weighted by atomic mass is 19.4. The number of fused-ring (bicyclic) bond motifs is 1. The van der Waals surface area contributed by atoms with Gasteiger partial charge in [-0.15, -0.1) is 0 Å². The van der Waals surface area contributed by atoms with E-state index in [-0.39, 0.29) is 5.56 Å². The predicted molar refractivity (Wildman–Crippen MR) is 102 cm³/mol. The number of alkyl halides is 3. The average molecular weight is 421 g/mol. The summed E-state index contributed by atoms with van der Waals surface area (Å²) in [6.07, 6.45) is -3.46. The standard InChI is InChI=1S/C21H18F3NO5/c1-13(20(27)25-16-6-7-17-18(12-16)29-10-9-28-17)30-19(26)8-5-14-3-2-4-15(11-14)21(22,23)24/h2-8,11-13H,9-10H2,1H3,(H,25,27)/b8-5+/t13-/m0/s1. The zero-order valence-corrected chi connectivity index (χ0v) is 15.9. The first-order valence-corrected chi connectivity index (χ1v) is 8.99. The number of ether oxygens (including phenoxy) is 3. The molecule has 1 aliphatic rings. The summed E-state index contributed by atoms with van der Waals surface area (Å²) in [6.45, 7) is 2.22. The van der Waals surface area contributed by atoms with Crippen LogP contribution in [0.4, 0.5) is 18.9 Å². The lowest BCUT2D eigenvalue weighted by atomic mass is 10.1. The molecule has 1 aliphatic heterocycles. The Morgan fingerprint density at radius 2 is 1.83 bits per heavy atom. The van der Waals surface area contributed by atoms with Gasteiger partial charge < -0.3 is 19.5 Å². The van der Waals surface area contributed by atoms with Crippen molar-refractivity contribution in [2.45, 2.75) is 19.2 Å². The topological polar surface area (TPSA) is 73.9 Å². The highest BCUT2D eigenvalue weighted by molar-refractivity contribution is 5.96. The molecule has 0 spiro atoms. The molecule has 0 saturated heterocycles. The summed E-state index contributed by atoms with van der Waals surface area (Å²) < 4.78 is 54.0. The number of hydrogen-bond donors (Lipinski definition) is 1. The Bertz CT molecular complexity index is 971. The van der Waals surface area contributed by atoms with Crippen molar-refractivity contribution in [3.8, 4) is 11.5 Å². The van der Waals surface area contributed by atoms with Crippen LogP contribution in [0, 0.1) is 0 Å². The predicted octanol–water partition coefficient (Wildman–Crippen LogP) is 4.06. The molecule has 0 bridgehead atoms. The van der Waals surface area contributed by atoms with Crippen molar-refractivity contribution in [1.29, 1.82) is 0 Å². The SMILES string of the molecule is C[C@H](OC(=O)/C=C/c1cccc(C(F)(F)F)c1)C(=O)Nc1ccc2c(c1)OCCO2. The van der Waals surface area contributed by atoms with Gasteiger partial charge in [0.25, 0.3) is 5.91 Å². The summed E-state index contributed by atoms with van der Waals surface area (Å²) in [5.74, 6) is -0.379. The van der Waals surface area contributed by atoms with Crippen LogP contribution in [0.15, 0.2) is 48.5 Å². The van der Waals surface area contributed by atoms with Crippen LogP contribution in [-0.2, 0) is 20.5 Å². The zero-order chi connectivity index (χ0) is 21.7. The summed E-state index contributed by atoms with van der Waals surface area (Å²) in [4.78, 5) is 24.1. The van der Waals surface area contributed by atoms with Crippen molar-refractivity contribution in [3.05, 3.63) is 59.7 Å². The van der Waals surface area contributed by atoms with Crippen LogP contribution in [0.3, 0.4) is 0 Å². The third kappa shape index (κ3) is 5.53. The zero-order valence-electron chi connectivity index (χ0n) is 15.9. The van der Waals surface area contributed by atoms with Crippen LogP contribution < -0.4 is 14.8 Å². The third-order valence-electron chi connectivity index (χ3n) is 4.10. The second-order valence-corrected chi connectivity index (χ2v) is 6.38. The number of nitrogens with one attached hydrogen (secondary N) is 1. The number of hydrogen-bond acceptors (Lipinski definition) is 5. The Hall–Kier alpha value is -3.49. The first kappa shape index (κ1) is 21.2. The van der Waals surface area contributed by atoms with Gasteiger partial charge in [-0.3, -0.25) is 4.79 Å². The molecule has 2 aromatic rings. The van der Waals surface area contributed by atoms with Crippen LogP contribution >= 0.6 is 0 Å². The number of rotatable bonds is 5. The largest absolute Gasteiger partial charge is 0.486 e. The summed E-state index contributed by atoms with van der Waals surface area (Å²) >= 11 is 0. The van der Waals surface area contributed by atoms with Gasteiger partial charge >= 0.3 is 12.1 Å². The number of anilines is 1. The third-order valence-corrected chi connectivity index (χ3v) is 4.10. The fourth-order valence-corrected chi connectivity index (χ4v) is 2.61. The van der Waals surface area contributed by atoms with E-state index in [1.54, 1.807) is 18.2 Å². The molecule has 3 rings (SSSR count). The molecule has 2 aromatic carbocycles. The van der Waals surface area contributed by atoms with Gasteiger partial charge in [-0.25, -0.2) is 4.79 Å². The van der Waals surface area contributed by atoms with E-state index in [9.17, 15) is 22.8 Å². The number of amides is 1. The Kier molecular flexibility index (Phi) is 6.29. The fourth-order valence-electron chi connectivity index (χ4n) is 2.61. The summed E-state index contributed by atoms with van der Waals surface area (Å²) in [6, 6.07) is 9.34. The van der Waals surface area contributed by atoms with E-state index in [1.165, 1.54) is 25.1 Å². The number of carbonyl (C=O) groups is 2. The van der Waals surface area contributed by atoms with Crippen molar-refractivity contribution in [3.63, 3.8) is 0 Å². The molecule has 0 saturated carbocycles. The van der Waals surface area contributed by atoms with Gasteiger partial charge in [0.15, 0.2) is 17.6 Å². The molecule has 1 heterocycles. The molecule has 1 atom stereocenters. The van der Waals surface area contributed by atoms with Crippen molar-refractivity contribution in [1.82, 2.24) is 0 Å². The molecule has 158 valence electrons. The Labute approximate surface area is 170 Å². The fraction of sp³-hybridized carbons (Fsp3) is 0.238. The van der Waals surface area contributed by atoms with Crippen molar-refractivity contribution < 1.29 is 37.0 Å². The Morgan fingerprint density at radius 1 is 1.10 bits per heavy atom. The molecule has 0 fully saturated rings. The van der Waals surface area contributed by atoms with E-state index < -0.39 is 29.7 Å². The molecule has 9 heteroatoms. The van der Waals surface area contributed by atoms with Crippen molar-refractivity contribution in [2.75, 3.05) is 18.5 Å². The number of esters is 1. The lowest BCUT2D eigenvalue weighted by Gasteiger charge is -2.19. The average Bonchev–Trinajstić information content (AvgIpc) is 2.71. The highest BCUT2D eigenvalue weighted by Crippen LogP contribution is 2.32. The van der Waals surface area contributed by atoms with Crippen LogP contribution in [-0.4, -0.2) is 31.2 Å². The minimum atomic E-state index is -4.48. The number of halogens is 3.